The van der Waals surface area contributed by atoms with Gasteiger partial charge in [-0.2, -0.15) is 0 Å². The first-order chi connectivity index (χ1) is 15.2. The van der Waals surface area contributed by atoms with Crippen LogP contribution in [0.15, 0.2) is 61.2 Å². The van der Waals surface area contributed by atoms with E-state index in [1.54, 1.807) is 0 Å². The van der Waals surface area contributed by atoms with Crippen molar-refractivity contribution >= 4 is 5.91 Å². The fourth-order valence-corrected chi connectivity index (χ4v) is 4.36. The Morgan fingerprint density at radius 1 is 0.935 bits per heavy atom. The van der Waals surface area contributed by atoms with Crippen LogP contribution in [0.1, 0.15) is 25.2 Å². The van der Waals surface area contributed by atoms with Gasteiger partial charge in [0.25, 0.3) is 0 Å². The van der Waals surface area contributed by atoms with Crippen LogP contribution in [0.4, 0.5) is 0 Å². The number of rotatable bonds is 7. The third-order valence-electron chi connectivity index (χ3n) is 6.16. The summed E-state index contributed by atoms with van der Waals surface area (Å²) in [5, 5.41) is 0. The number of aryl methyl sites for hydroxylation is 1. The van der Waals surface area contributed by atoms with Crippen molar-refractivity contribution in [1.29, 1.82) is 0 Å². The molecule has 1 aliphatic heterocycles. The molecule has 162 valence electrons. The van der Waals surface area contributed by atoms with Gasteiger partial charge >= 0.3 is 0 Å². The van der Waals surface area contributed by atoms with Crippen LogP contribution in [-0.4, -0.2) is 56.4 Å². The SMILES string of the molecule is CCN1CCN(Cc2nccn2CC)CC(Cc2ccc(-c3ccncc3)cc2)C1=O. The molecule has 31 heavy (non-hydrogen) atoms. The van der Waals surface area contributed by atoms with E-state index in [1.807, 2.05) is 41.8 Å². The molecule has 0 bridgehead atoms. The summed E-state index contributed by atoms with van der Waals surface area (Å²) in [5.74, 6) is 1.29. The molecule has 1 amide bonds. The third kappa shape index (κ3) is 5.02. The van der Waals surface area contributed by atoms with Gasteiger partial charge in [-0.3, -0.25) is 14.7 Å². The van der Waals surface area contributed by atoms with Crippen LogP contribution in [0.25, 0.3) is 11.1 Å². The van der Waals surface area contributed by atoms with Crippen LogP contribution in [0.5, 0.6) is 0 Å². The zero-order valence-corrected chi connectivity index (χ0v) is 18.4. The molecule has 4 rings (SSSR count). The lowest BCUT2D eigenvalue weighted by Crippen LogP contribution is -2.37. The van der Waals surface area contributed by atoms with Crippen molar-refractivity contribution in [2.24, 2.45) is 5.92 Å². The van der Waals surface area contributed by atoms with Crippen LogP contribution in [0.2, 0.25) is 0 Å². The zero-order chi connectivity index (χ0) is 21.6. The number of hydrogen-bond acceptors (Lipinski definition) is 4. The average Bonchev–Trinajstić information content (AvgIpc) is 3.20. The smallest absolute Gasteiger partial charge is 0.227 e. The van der Waals surface area contributed by atoms with Crippen LogP contribution in [0, 0.1) is 5.92 Å². The van der Waals surface area contributed by atoms with Crippen molar-refractivity contribution in [1.82, 2.24) is 24.3 Å². The molecule has 3 aromatic rings. The first kappa shape index (κ1) is 21.2. The summed E-state index contributed by atoms with van der Waals surface area (Å²) in [5.41, 5.74) is 3.52. The predicted octanol–water partition coefficient (Wildman–Crippen LogP) is 3.49. The number of hydrogen-bond donors (Lipinski definition) is 0. The summed E-state index contributed by atoms with van der Waals surface area (Å²) in [4.78, 5) is 26.2. The minimum absolute atomic E-state index is 0.0423. The van der Waals surface area contributed by atoms with Gasteiger partial charge in [-0.05, 0) is 49.1 Å². The quantitative estimate of drug-likeness (QED) is 0.591. The number of benzene rings is 1. The summed E-state index contributed by atoms with van der Waals surface area (Å²) < 4.78 is 2.18. The Hall–Kier alpha value is -2.99. The van der Waals surface area contributed by atoms with E-state index in [0.29, 0.717) is 0 Å². The van der Waals surface area contributed by atoms with Gasteiger partial charge in [0.1, 0.15) is 5.82 Å². The highest BCUT2D eigenvalue weighted by Gasteiger charge is 2.30. The minimum Gasteiger partial charge on any atom is -0.341 e. The van der Waals surface area contributed by atoms with Crippen molar-refractivity contribution < 1.29 is 4.79 Å². The lowest BCUT2D eigenvalue weighted by Gasteiger charge is -2.23. The fourth-order valence-electron chi connectivity index (χ4n) is 4.36. The third-order valence-corrected chi connectivity index (χ3v) is 6.16. The van der Waals surface area contributed by atoms with Gasteiger partial charge < -0.3 is 9.47 Å². The van der Waals surface area contributed by atoms with Crippen molar-refractivity contribution in [3.63, 3.8) is 0 Å². The lowest BCUT2D eigenvalue weighted by atomic mass is 9.96. The van der Waals surface area contributed by atoms with E-state index in [-0.39, 0.29) is 11.8 Å². The van der Waals surface area contributed by atoms with Gasteiger partial charge in [0.15, 0.2) is 0 Å². The van der Waals surface area contributed by atoms with Gasteiger partial charge in [0.05, 0.1) is 12.5 Å². The van der Waals surface area contributed by atoms with Crippen molar-refractivity contribution in [3.05, 3.63) is 72.6 Å². The van der Waals surface area contributed by atoms with E-state index in [1.165, 1.54) is 11.1 Å². The van der Waals surface area contributed by atoms with Crippen LogP contribution < -0.4 is 0 Å². The molecule has 0 saturated carbocycles. The minimum atomic E-state index is -0.0423. The van der Waals surface area contributed by atoms with Crippen LogP contribution >= 0.6 is 0 Å². The average molecular weight is 418 g/mol. The monoisotopic (exact) mass is 417 g/mol. The highest BCUT2D eigenvalue weighted by Crippen LogP contribution is 2.22. The standard InChI is InChI=1S/C25H31N5O/c1-3-29-14-13-27-24(29)19-28-15-16-30(4-2)25(31)23(18-28)17-20-5-7-21(8-6-20)22-9-11-26-12-10-22/h5-14,23H,3-4,15-19H2,1-2H3. The predicted molar refractivity (Wildman–Crippen MR) is 122 cm³/mol. The number of nitrogens with zero attached hydrogens (tertiary/aromatic N) is 5. The molecule has 1 aliphatic rings. The van der Waals surface area contributed by atoms with Gasteiger partial charge in [0, 0.05) is 57.5 Å². The molecule has 1 fully saturated rings. The van der Waals surface area contributed by atoms with Gasteiger partial charge in [-0.15, -0.1) is 0 Å². The zero-order valence-electron chi connectivity index (χ0n) is 18.4. The molecular formula is C25H31N5O. The Morgan fingerprint density at radius 2 is 1.68 bits per heavy atom. The molecule has 6 nitrogen and oxygen atoms in total. The van der Waals surface area contributed by atoms with Gasteiger partial charge in [-0.1, -0.05) is 24.3 Å². The summed E-state index contributed by atoms with van der Waals surface area (Å²) in [7, 11) is 0. The number of carbonyl (C=O) groups is 1. The van der Waals surface area contributed by atoms with E-state index in [2.05, 4.69) is 57.5 Å². The number of carbonyl (C=O) groups excluding carboxylic acids is 1. The lowest BCUT2D eigenvalue weighted by molar-refractivity contribution is -0.134. The van der Waals surface area contributed by atoms with Crippen molar-refractivity contribution in [2.45, 2.75) is 33.4 Å². The maximum Gasteiger partial charge on any atom is 0.227 e. The van der Waals surface area contributed by atoms with Gasteiger partial charge in [-0.25, -0.2) is 4.98 Å². The van der Waals surface area contributed by atoms with E-state index >= 15 is 0 Å². The molecule has 1 atom stereocenters. The van der Waals surface area contributed by atoms with Crippen LogP contribution in [-0.2, 0) is 24.3 Å². The number of amides is 1. The molecular weight excluding hydrogens is 386 g/mol. The summed E-state index contributed by atoms with van der Waals surface area (Å²) >= 11 is 0. The maximum absolute atomic E-state index is 13.2. The van der Waals surface area contributed by atoms with Crippen molar-refractivity contribution in [3.8, 4) is 11.1 Å². The Labute approximate surface area is 184 Å². The number of pyridine rings is 1. The Balaban J connectivity index is 1.49. The second-order valence-corrected chi connectivity index (χ2v) is 8.12. The van der Waals surface area contributed by atoms with E-state index in [4.69, 9.17) is 0 Å². The molecule has 1 unspecified atom stereocenters. The molecule has 3 heterocycles. The molecule has 1 aromatic carbocycles. The molecule has 2 aromatic heterocycles. The molecule has 0 aliphatic carbocycles. The molecule has 0 N–H and O–H groups in total. The highest BCUT2D eigenvalue weighted by atomic mass is 16.2. The van der Waals surface area contributed by atoms with E-state index in [9.17, 15) is 4.79 Å². The molecule has 6 heteroatoms. The first-order valence-electron chi connectivity index (χ1n) is 11.2. The Bertz CT molecular complexity index is 983. The first-order valence-corrected chi connectivity index (χ1v) is 11.2. The normalized spacial score (nSPS) is 17.7. The molecule has 0 radical (unpaired) electrons. The van der Waals surface area contributed by atoms with Crippen LogP contribution in [0.3, 0.4) is 0 Å². The Kier molecular flexibility index (Phi) is 6.77. The maximum atomic E-state index is 13.2. The molecule has 1 saturated heterocycles. The highest BCUT2D eigenvalue weighted by molar-refractivity contribution is 5.79. The summed E-state index contributed by atoms with van der Waals surface area (Å²) in [6, 6.07) is 12.6. The summed E-state index contributed by atoms with van der Waals surface area (Å²) in [6.45, 7) is 9.07. The fraction of sp³-hybridized carbons (Fsp3) is 0.400. The molecule has 0 spiro atoms. The largest absolute Gasteiger partial charge is 0.341 e. The van der Waals surface area contributed by atoms with E-state index in [0.717, 1.165) is 57.1 Å². The Morgan fingerprint density at radius 3 is 2.39 bits per heavy atom. The van der Waals surface area contributed by atoms with E-state index < -0.39 is 0 Å². The number of likely N-dealkylation sites (N-methyl/N-ethyl adjacent to an activating group) is 1. The second kappa shape index (κ2) is 9.88. The number of imidazole rings is 1. The van der Waals surface area contributed by atoms with Crippen molar-refractivity contribution in [2.75, 3.05) is 26.2 Å². The summed E-state index contributed by atoms with van der Waals surface area (Å²) in [6.07, 6.45) is 8.27. The van der Waals surface area contributed by atoms with Gasteiger partial charge in [0.2, 0.25) is 5.91 Å². The topological polar surface area (TPSA) is 54.3 Å². The second-order valence-electron chi connectivity index (χ2n) is 8.12. The number of aromatic nitrogens is 3.